The molecule has 1 aliphatic rings. The smallest absolute Gasteiger partial charge is 0.338 e. The zero-order valence-corrected chi connectivity index (χ0v) is 17.7. The fourth-order valence-corrected chi connectivity index (χ4v) is 3.66. The molecule has 2 atom stereocenters. The van der Waals surface area contributed by atoms with Crippen molar-refractivity contribution in [2.24, 2.45) is 0 Å². The molecule has 0 amide bonds. The Bertz CT molecular complexity index is 367. The van der Waals surface area contributed by atoms with Gasteiger partial charge in [0.2, 0.25) is 0 Å². The van der Waals surface area contributed by atoms with Gasteiger partial charge < -0.3 is 14.2 Å². The van der Waals surface area contributed by atoms with E-state index in [1.807, 2.05) is 20.8 Å². The third-order valence-electron chi connectivity index (χ3n) is 5.04. The third kappa shape index (κ3) is 9.91. The van der Waals surface area contributed by atoms with Gasteiger partial charge in [-0.05, 0) is 27.2 Å². The molecule has 1 saturated heterocycles. The van der Waals surface area contributed by atoms with Gasteiger partial charge in [-0.25, -0.2) is 4.79 Å². The van der Waals surface area contributed by atoms with Gasteiger partial charge in [0.05, 0.1) is 12.7 Å². The van der Waals surface area contributed by atoms with Crippen LogP contribution in [0.25, 0.3) is 0 Å². The van der Waals surface area contributed by atoms with Crippen LogP contribution in [0.2, 0.25) is 0 Å². The van der Waals surface area contributed by atoms with Crippen LogP contribution in [0.4, 0.5) is 0 Å². The highest BCUT2D eigenvalue weighted by Crippen LogP contribution is 2.31. The molecule has 154 valence electrons. The second-order valence-corrected chi connectivity index (χ2v) is 8.02. The molecule has 1 rings (SSSR count). The molecule has 1 fully saturated rings. The van der Waals surface area contributed by atoms with Gasteiger partial charge in [-0.15, -0.1) is 0 Å². The van der Waals surface area contributed by atoms with Gasteiger partial charge in [0.25, 0.3) is 0 Å². The molecule has 4 heteroatoms. The van der Waals surface area contributed by atoms with Crippen molar-refractivity contribution in [2.75, 3.05) is 6.61 Å². The highest BCUT2D eigenvalue weighted by Gasteiger charge is 2.45. The van der Waals surface area contributed by atoms with Crippen molar-refractivity contribution in [3.8, 4) is 0 Å². The highest BCUT2D eigenvalue weighted by molar-refractivity contribution is 5.75. The lowest BCUT2D eigenvalue weighted by molar-refractivity contribution is -0.170. The molecule has 0 spiro atoms. The number of rotatable bonds is 15. The summed E-state index contributed by atoms with van der Waals surface area (Å²) in [6.07, 6.45) is 16.1. The molecule has 0 unspecified atom stereocenters. The van der Waals surface area contributed by atoms with E-state index in [0.29, 0.717) is 6.61 Å². The quantitative estimate of drug-likeness (QED) is 0.256. The van der Waals surface area contributed by atoms with Gasteiger partial charge in [0.15, 0.2) is 11.9 Å². The van der Waals surface area contributed by atoms with Gasteiger partial charge in [0.1, 0.15) is 0 Å². The zero-order chi connectivity index (χ0) is 19.3. The first-order chi connectivity index (χ1) is 12.5. The summed E-state index contributed by atoms with van der Waals surface area (Å²) >= 11 is 0. The lowest BCUT2D eigenvalue weighted by Gasteiger charge is -2.16. The number of hydrogen-bond donors (Lipinski definition) is 0. The Kier molecular flexibility index (Phi) is 12.2. The third-order valence-corrected chi connectivity index (χ3v) is 5.04. The number of esters is 1. The van der Waals surface area contributed by atoms with Crippen molar-refractivity contribution in [3.63, 3.8) is 0 Å². The Hall–Kier alpha value is -0.610. The number of carbonyl (C=O) groups is 1. The van der Waals surface area contributed by atoms with E-state index in [4.69, 9.17) is 14.2 Å². The van der Waals surface area contributed by atoms with E-state index >= 15 is 0 Å². The van der Waals surface area contributed by atoms with Gasteiger partial charge in [0, 0.05) is 0 Å². The minimum absolute atomic E-state index is 0.174. The molecule has 0 N–H and O–H groups in total. The minimum Gasteiger partial charge on any atom is -0.464 e. The average Bonchev–Trinajstić information content (AvgIpc) is 2.91. The summed E-state index contributed by atoms with van der Waals surface area (Å²) in [5, 5.41) is 0. The largest absolute Gasteiger partial charge is 0.464 e. The number of hydrogen-bond acceptors (Lipinski definition) is 4. The summed E-state index contributed by atoms with van der Waals surface area (Å²) in [5.41, 5.74) is 0. The van der Waals surface area contributed by atoms with E-state index in [-0.39, 0.29) is 12.1 Å². The molecule has 1 heterocycles. The van der Waals surface area contributed by atoms with Crippen LogP contribution in [-0.2, 0) is 19.0 Å². The van der Waals surface area contributed by atoms with E-state index in [2.05, 4.69) is 6.92 Å². The van der Waals surface area contributed by atoms with E-state index < -0.39 is 11.9 Å². The Morgan fingerprint density at radius 1 is 0.808 bits per heavy atom. The van der Waals surface area contributed by atoms with Crippen LogP contribution >= 0.6 is 0 Å². The van der Waals surface area contributed by atoms with E-state index in [0.717, 1.165) is 12.8 Å². The van der Waals surface area contributed by atoms with Crippen molar-refractivity contribution in [3.05, 3.63) is 0 Å². The molecule has 26 heavy (non-hydrogen) atoms. The van der Waals surface area contributed by atoms with Crippen molar-refractivity contribution in [2.45, 2.75) is 129 Å². The second kappa shape index (κ2) is 13.5. The summed E-state index contributed by atoms with van der Waals surface area (Å²) in [7, 11) is 0. The molecule has 0 aliphatic carbocycles. The predicted octanol–water partition coefficient (Wildman–Crippen LogP) is 6.16. The molecule has 0 saturated carbocycles. The normalized spacial score (nSPS) is 21.8. The van der Waals surface area contributed by atoms with Crippen molar-refractivity contribution >= 4 is 5.97 Å². The summed E-state index contributed by atoms with van der Waals surface area (Å²) in [5.74, 6) is -0.985. The molecule has 0 aromatic rings. The summed E-state index contributed by atoms with van der Waals surface area (Å²) in [4.78, 5) is 12.0. The molecule has 0 bridgehead atoms. The van der Waals surface area contributed by atoms with Crippen LogP contribution in [0.5, 0.6) is 0 Å². The van der Waals surface area contributed by atoms with Gasteiger partial charge in [-0.1, -0.05) is 84.0 Å². The lowest BCUT2D eigenvalue weighted by atomic mass is 10.0. The average molecular weight is 371 g/mol. The number of unbranched alkanes of at least 4 members (excludes halogenated alkanes) is 11. The van der Waals surface area contributed by atoms with Crippen molar-refractivity contribution in [1.82, 2.24) is 0 Å². The fourth-order valence-electron chi connectivity index (χ4n) is 3.66. The van der Waals surface area contributed by atoms with E-state index in [9.17, 15) is 4.79 Å². The molecule has 4 nitrogen and oxygen atoms in total. The maximum Gasteiger partial charge on any atom is 0.338 e. The van der Waals surface area contributed by atoms with Crippen LogP contribution < -0.4 is 0 Å². The lowest BCUT2D eigenvalue weighted by Crippen LogP contribution is -2.33. The van der Waals surface area contributed by atoms with Gasteiger partial charge >= 0.3 is 5.97 Å². The van der Waals surface area contributed by atoms with Crippen molar-refractivity contribution < 1.29 is 19.0 Å². The molecule has 1 aliphatic heterocycles. The summed E-state index contributed by atoms with van der Waals surface area (Å²) in [6.45, 7) is 8.19. The van der Waals surface area contributed by atoms with Crippen LogP contribution in [0, 0.1) is 0 Å². The van der Waals surface area contributed by atoms with E-state index in [1.165, 1.54) is 70.6 Å². The van der Waals surface area contributed by atoms with Gasteiger partial charge in [-0.3, -0.25) is 0 Å². The zero-order valence-electron chi connectivity index (χ0n) is 17.7. The van der Waals surface area contributed by atoms with E-state index in [1.54, 1.807) is 0 Å². The van der Waals surface area contributed by atoms with Crippen molar-refractivity contribution in [1.29, 1.82) is 0 Å². The summed E-state index contributed by atoms with van der Waals surface area (Å²) < 4.78 is 16.8. The molecule has 0 aromatic carbocycles. The number of ether oxygens (including phenoxy) is 3. The fraction of sp³-hybridized carbons (Fsp3) is 0.955. The van der Waals surface area contributed by atoms with Crippen LogP contribution in [0.15, 0.2) is 0 Å². The predicted molar refractivity (Wildman–Crippen MR) is 106 cm³/mol. The monoisotopic (exact) mass is 370 g/mol. The number of carbonyl (C=O) groups excluding carboxylic acids is 1. The maximum atomic E-state index is 12.0. The Labute approximate surface area is 161 Å². The molecular formula is C22H42O4. The Balaban J connectivity index is 2.05. The first kappa shape index (κ1) is 23.4. The second-order valence-electron chi connectivity index (χ2n) is 8.02. The van der Waals surface area contributed by atoms with Crippen LogP contribution in [-0.4, -0.2) is 30.6 Å². The van der Waals surface area contributed by atoms with Gasteiger partial charge in [-0.2, -0.15) is 0 Å². The van der Waals surface area contributed by atoms with Crippen LogP contribution in [0.1, 0.15) is 111 Å². The molecule has 0 radical (unpaired) electrons. The summed E-state index contributed by atoms with van der Waals surface area (Å²) in [6, 6.07) is 0. The molecular weight excluding hydrogens is 328 g/mol. The topological polar surface area (TPSA) is 44.8 Å². The maximum absolute atomic E-state index is 12.0. The standard InChI is InChI=1S/C22H42O4/c1-5-7-8-9-10-11-12-13-14-15-16-17-18-19-20(21(23)24-6-2)26-22(3,4)25-19/h19-20H,5-18H2,1-4H3/t19-,20+/m0/s1. The molecule has 0 aromatic heterocycles. The SMILES string of the molecule is CCCCCCCCCCCCCC[C@@H]1OC(C)(C)O[C@H]1C(=O)OCC. The first-order valence-corrected chi connectivity index (χ1v) is 11.0. The highest BCUT2D eigenvalue weighted by atomic mass is 16.8. The Morgan fingerprint density at radius 3 is 1.81 bits per heavy atom. The first-order valence-electron chi connectivity index (χ1n) is 11.0. The Morgan fingerprint density at radius 2 is 1.31 bits per heavy atom. The minimum atomic E-state index is -0.695. The van der Waals surface area contributed by atoms with Crippen LogP contribution in [0.3, 0.4) is 0 Å².